The number of rotatable bonds is 15. The number of hydrogen-bond donors (Lipinski definition) is 2. The highest BCUT2D eigenvalue weighted by molar-refractivity contribution is 5.61. The summed E-state index contributed by atoms with van der Waals surface area (Å²) in [7, 11) is 0. The number of para-hydroxylation sites is 2. The minimum absolute atomic E-state index is 0.331. The van der Waals surface area contributed by atoms with E-state index in [1.165, 1.54) is 0 Å². The number of aromatic nitrogens is 2. The van der Waals surface area contributed by atoms with Crippen molar-refractivity contribution >= 4 is 11.6 Å². The molecule has 4 unspecified atom stereocenters. The first-order chi connectivity index (χ1) is 19.5. The van der Waals surface area contributed by atoms with Crippen molar-refractivity contribution in [3.8, 4) is 22.9 Å². The second-order valence-electron chi connectivity index (χ2n) is 9.18. The molecule has 0 radical (unpaired) electrons. The van der Waals surface area contributed by atoms with Crippen LogP contribution >= 0.6 is 0 Å². The normalized spacial score (nSPS) is 14.0. The lowest BCUT2D eigenvalue weighted by molar-refractivity contribution is -0.0989. The molecule has 0 saturated heterocycles. The lowest BCUT2D eigenvalue weighted by Gasteiger charge is -2.25. The molecule has 8 heteroatoms. The standard InChI is InChI=1S/C32H38N4O4/c1-5-30(39-23(3)37-26-18-12-8-13-19-26)33-28-22-29(36-32(35-28)25-16-10-7-11-17-25)34-31(6-2)40-24(4)38-27-20-14-9-15-21-27/h7-24,30-31H,5-6H2,1-4H3,(H2,33,34,35,36). The van der Waals surface area contributed by atoms with Gasteiger partial charge in [0.2, 0.25) is 0 Å². The zero-order chi connectivity index (χ0) is 28.2. The largest absolute Gasteiger partial charge is 0.465 e. The molecular formula is C32H38N4O4. The van der Waals surface area contributed by atoms with E-state index in [0.717, 1.165) is 17.1 Å². The molecule has 1 heterocycles. The van der Waals surface area contributed by atoms with Crippen LogP contribution in [0.5, 0.6) is 11.5 Å². The van der Waals surface area contributed by atoms with Crippen LogP contribution in [0.2, 0.25) is 0 Å². The summed E-state index contributed by atoms with van der Waals surface area (Å²) in [4.78, 5) is 9.57. The van der Waals surface area contributed by atoms with E-state index in [2.05, 4.69) is 10.6 Å². The molecule has 0 saturated carbocycles. The minimum Gasteiger partial charge on any atom is -0.465 e. The third kappa shape index (κ3) is 8.97. The number of benzene rings is 3. The van der Waals surface area contributed by atoms with Crippen LogP contribution in [0.25, 0.3) is 11.4 Å². The molecule has 0 aliphatic carbocycles. The lowest BCUT2D eigenvalue weighted by atomic mass is 10.2. The molecule has 0 fully saturated rings. The number of nitrogens with zero attached hydrogens (tertiary/aromatic N) is 2. The van der Waals surface area contributed by atoms with Gasteiger partial charge < -0.3 is 29.6 Å². The maximum absolute atomic E-state index is 6.15. The van der Waals surface area contributed by atoms with Gasteiger partial charge in [0.15, 0.2) is 18.4 Å². The van der Waals surface area contributed by atoms with Crippen LogP contribution in [-0.4, -0.2) is 35.0 Å². The SMILES string of the molecule is CCC(Nc1cc(NC(CC)OC(C)Oc2ccccc2)nc(-c2ccccc2)n1)OC(C)Oc1ccccc1. The second-order valence-corrected chi connectivity index (χ2v) is 9.18. The maximum Gasteiger partial charge on any atom is 0.199 e. The van der Waals surface area contributed by atoms with Gasteiger partial charge >= 0.3 is 0 Å². The van der Waals surface area contributed by atoms with E-state index in [9.17, 15) is 0 Å². The predicted octanol–water partition coefficient (Wildman–Crippen LogP) is 7.32. The lowest BCUT2D eigenvalue weighted by Crippen LogP contribution is -2.31. The van der Waals surface area contributed by atoms with Gasteiger partial charge in [-0.3, -0.25) is 0 Å². The number of ether oxygens (including phenoxy) is 4. The summed E-state index contributed by atoms with van der Waals surface area (Å²) in [5, 5.41) is 6.80. The molecule has 1 aromatic heterocycles. The van der Waals surface area contributed by atoms with Crippen LogP contribution in [0.1, 0.15) is 40.5 Å². The number of nitrogens with one attached hydrogen (secondary N) is 2. The van der Waals surface area contributed by atoms with Gasteiger partial charge in [0.1, 0.15) is 35.6 Å². The summed E-state index contributed by atoms with van der Waals surface area (Å²) >= 11 is 0. The Labute approximate surface area is 236 Å². The molecule has 0 spiro atoms. The molecule has 4 atom stereocenters. The maximum atomic E-state index is 6.15. The Balaban J connectivity index is 1.48. The molecule has 4 aromatic rings. The monoisotopic (exact) mass is 542 g/mol. The quantitative estimate of drug-likeness (QED) is 0.151. The van der Waals surface area contributed by atoms with Gasteiger partial charge in [0.25, 0.3) is 0 Å². The summed E-state index contributed by atoms with van der Waals surface area (Å²) in [6.07, 6.45) is -0.186. The Morgan fingerprint density at radius 2 is 1.00 bits per heavy atom. The molecule has 3 aromatic carbocycles. The van der Waals surface area contributed by atoms with Gasteiger partial charge in [-0.15, -0.1) is 0 Å². The molecule has 210 valence electrons. The van der Waals surface area contributed by atoms with Gasteiger partial charge in [-0.25, -0.2) is 9.97 Å². The van der Waals surface area contributed by atoms with Crippen molar-refractivity contribution in [2.45, 2.75) is 65.6 Å². The van der Waals surface area contributed by atoms with Crippen LogP contribution in [0.3, 0.4) is 0 Å². The van der Waals surface area contributed by atoms with Crippen LogP contribution in [-0.2, 0) is 9.47 Å². The van der Waals surface area contributed by atoms with Gasteiger partial charge in [0, 0.05) is 11.6 Å². The molecule has 4 rings (SSSR count). The molecule has 0 amide bonds. The molecular weight excluding hydrogens is 504 g/mol. The second kappa shape index (κ2) is 14.9. The average Bonchev–Trinajstić information content (AvgIpc) is 2.97. The Morgan fingerprint density at radius 3 is 1.40 bits per heavy atom. The van der Waals surface area contributed by atoms with Crippen molar-refractivity contribution in [2.24, 2.45) is 0 Å². The fourth-order valence-corrected chi connectivity index (χ4v) is 4.01. The van der Waals surface area contributed by atoms with Crippen LogP contribution in [0, 0.1) is 0 Å². The van der Waals surface area contributed by atoms with E-state index in [-0.39, 0.29) is 12.5 Å². The summed E-state index contributed by atoms with van der Waals surface area (Å²) in [5.74, 6) is 3.33. The third-order valence-electron chi connectivity index (χ3n) is 5.92. The van der Waals surface area contributed by atoms with Crippen molar-refractivity contribution in [3.63, 3.8) is 0 Å². The highest BCUT2D eigenvalue weighted by atomic mass is 16.7. The van der Waals surface area contributed by atoms with Crippen LogP contribution in [0.15, 0.2) is 97.1 Å². The van der Waals surface area contributed by atoms with E-state index in [4.69, 9.17) is 28.9 Å². The van der Waals surface area contributed by atoms with E-state index in [1.54, 1.807) is 0 Å². The van der Waals surface area contributed by atoms with Crippen LogP contribution in [0.4, 0.5) is 11.6 Å². The van der Waals surface area contributed by atoms with Crippen molar-refractivity contribution in [1.29, 1.82) is 0 Å². The summed E-state index contributed by atoms with van der Waals surface area (Å²) in [6.45, 7) is 7.84. The minimum atomic E-state index is -0.461. The highest BCUT2D eigenvalue weighted by Crippen LogP contribution is 2.23. The fraction of sp³-hybridized carbons (Fsp3) is 0.312. The van der Waals surface area contributed by atoms with Crippen molar-refractivity contribution in [2.75, 3.05) is 10.6 Å². The first-order valence-corrected chi connectivity index (χ1v) is 13.7. The van der Waals surface area contributed by atoms with E-state index >= 15 is 0 Å². The van der Waals surface area contributed by atoms with Crippen molar-refractivity contribution < 1.29 is 18.9 Å². The molecule has 8 nitrogen and oxygen atoms in total. The fourth-order valence-electron chi connectivity index (χ4n) is 4.01. The Kier molecular flexibility index (Phi) is 10.7. The van der Waals surface area contributed by atoms with Gasteiger partial charge in [-0.05, 0) is 51.0 Å². The summed E-state index contributed by atoms with van der Waals surface area (Å²) in [6, 6.07) is 31.0. The zero-order valence-electron chi connectivity index (χ0n) is 23.5. The summed E-state index contributed by atoms with van der Waals surface area (Å²) in [5.41, 5.74) is 0.902. The average molecular weight is 543 g/mol. The van der Waals surface area contributed by atoms with Gasteiger partial charge in [-0.2, -0.15) is 0 Å². The predicted molar refractivity (Wildman–Crippen MR) is 158 cm³/mol. The van der Waals surface area contributed by atoms with Crippen molar-refractivity contribution in [1.82, 2.24) is 9.97 Å². The summed E-state index contributed by atoms with van der Waals surface area (Å²) < 4.78 is 24.1. The van der Waals surface area contributed by atoms with E-state index in [0.29, 0.717) is 30.3 Å². The van der Waals surface area contributed by atoms with Crippen molar-refractivity contribution in [3.05, 3.63) is 97.1 Å². The molecule has 40 heavy (non-hydrogen) atoms. The zero-order valence-corrected chi connectivity index (χ0v) is 23.5. The van der Waals surface area contributed by atoms with E-state index < -0.39 is 12.6 Å². The Hall–Kier alpha value is -4.14. The highest BCUT2D eigenvalue weighted by Gasteiger charge is 2.18. The molecule has 0 bridgehead atoms. The first-order valence-electron chi connectivity index (χ1n) is 13.7. The van der Waals surface area contributed by atoms with Gasteiger partial charge in [0.05, 0.1) is 0 Å². The van der Waals surface area contributed by atoms with E-state index in [1.807, 2.05) is 125 Å². The van der Waals surface area contributed by atoms with Crippen LogP contribution < -0.4 is 20.1 Å². The number of anilines is 2. The van der Waals surface area contributed by atoms with Gasteiger partial charge in [-0.1, -0.05) is 80.6 Å². The Morgan fingerprint density at radius 1 is 0.600 bits per heavy atom. The first kappa shape index (κ1) is 28.9. The Bertz CT molecular complexity index is 1200. The molecule has 0 aliphatic heterocycles. The number of hydrogen-bond acceptors (Lipinski definition) is 8. The topological polar surface area (TPSA) is 86.8 Å². The smallest absolute Gasteiger partial charge is 0.199 e. The molecule has 2 N–H and O–H groups in total. The molecule has 0 aliphatic rings. The third-order valence-corrected chi connectivity index (χ3v) is 5.92.